The quantitative estimate of drug-likeness (QED) is 0.149. The molecule has 186 valence electrons. The number of benzene rings is 2. The molecule has 0 aliphatic carbocycles. The number of hydrogen-bond acceptors (Lipinski definition) is 6. The number of anilines is 1. The Morgan fingerprint density at radius 3 is 2.29 bits per heavy atom. The minimum Gasteiger partial charge on any atom is -0.362 e. The van der Waals surface area contributed by atoms with Crippen molar-refractivity contribution in [3.05, 3.63) is 53.7 Å². The highest BCUT2D eigenvalue weighted by molar-refractivity contribution is 8.02. The Labute approximate surface area is 215 Å². The second-order valence-corrected chi connectivity index (χ2v) is 8.39. The number of nitrogens with one attached hydrogen (secondary N) is 3. The molecule has 2 aromatic heterocycles. The third kappa shape index (κ3) is 9.84. The lowest BCUT2D eigenvalue weighted by atomic mass is 10.1. The number of carbonyl (C=O) groups excluding carboxylic acids is 1. The molecule has 2 heterocycles. The van der Waals surface area contributed by atoms with Gasteiger partial charge in [-0.15, -0.1) is 20.6 Å². The van der Waals surface area contributed by atoms with Crippen LogP contribution in [-0.4, -0.2) is 28.6 Å². The Hall–Kier alpha value is -2.41. The van der Waals surface area contributed by atoms with Crippen molar-refractivity contribution in [1.82, 2.24) is 20.5 Å². The van der Waals surface area contributed by atoms with Crippen LogP contribution in [0.25, 0.3) is 22.2 Å². The van der Waals surface area contributed by atoms with E-state index in [1.807, 2.05) is 60.0 Å². The molecule has 1 atom stereocenters. The van der Waals surface area contributed by atoms with E-state index in [2.05, 4.69) is 70.9 Å². The average molecular weight is 520 g/mol. The fourth-order valence-corrected chi connectivity index (χ4v) is 4.28. The first-order valence-corrected chi connectivity index (χ1v) is 13.7. The van der Waals surface area contributed by atoms with Crippen molar-refractivity contribution in [2.24, 2.45) is 0 Å². The number of aromatic nitrogens is 3. The van der Waals surface area contributed by atoms with Crippen LogP contribution < -0.4 is 15.3 Å². The number of aryl methyl sites for hydroxylation is 1. The highest BCUT2D eigenvalue weighted by Crippen LogP contribution is 2.31. The number of aromatic amines is 1. The van der Waals surface area contributed by atoms with E-state index in [0.717, 1.165) is 38.8 Å². The van der Waals surface area contributed by atoms with Crippen LogP contribution in [0.1, 0.15) is 47.2 Å². The monoisotopic (exact) mass is 519 g/mol. The lowest BCUT2D eigenvalue weighted by molar-refractivity contribution is -0.109. The lowest BCUT2D eigenvalue weighted by Crippen LogP contribution is -1.98. The predicted molar refractivity (Wildman–Crippen MR) is 156 cm³/mol. The van der Waals surface area contributed by atoms with Gasteiger partial charge in [0.05, 0.1) is 22.4 Å². The Kier molecular flexibility index (Phi) is 17.6. The molecule has 1 unspecified atom stereocenters. The van der Waals surface area contributed by atoms with Gasteiger partial charge < -0.3 is 10.0 Å². The van der Waals surface area contributed by atoms with E-state index in [4.69, 9.17) is 4.79 Å². The molecule has 9 heteroatoms. The minimum atomic E-state index is 0.625. The molecule has 4 aromatic rings. The van der Waals surface area contributed by atoms with Crippen LogP contribution >= 0.6 is 32.5 Å². The first-order valence-electron chi connectivity index (χ1n) is 11.4. The molecule has 0 fully saturated rings. The van der Waals surface area contributed by atoms with Gasteiger partial charge in [-0.25, -0.2) is 4.98 Å². The summed E-state index contributed by atoms with van der Waals surface area (Å²) in [4.78, 5) is 13.3. The number of carbonyl (C=O) groups is 1. The van der Waals surface area contributed by atoms with Gasteiger partial charge in [-0.05, 0) is 48.4 Å². The van der Waals surface area contributed by atoms with Gasteiger partial charge in [0.25, 0.3) is 0 Å². The zero-order valence-corrected chi connectivity index (χ0v) is 24.2. The van der Waals surface area contributed by atoms with Crippen molar-refractivity contribution < 1.29 is 4.79 Å². The summed E-state index contributed by atoms with van der Waals surface area (Å²) in [5.74, 6) is 0. The Bertz CT molecular complexity index is 1080. The van der Waals surface area contributed by atoms with Gasteiger partial charge in [0.15, 0.2) is 0 Å². The largest absolute Gasteiger partial charge is 0.362 e. The Balaban J connectivity index is 0.000000955. The normalized spacial score (nSPS) is 8.97. The van der Waals surface area contributed by atoms with Crippen LogP contribution in [0.15, 0.2) is 52.2 Å². The number of rotatable bonds is 5. The minimum absolute atomic E-state index is 0.625. The van der Waals surface area contributed by atoms with Crippen molar-refractivity contribution in [3.8, 4) is 11.3 Å². The summed E-state index contributed by atoms with van der Waals surface area (Å²) in [5.41, 5.74) is 7.08. The van der Waals surface area contributed by atoms with E-state index in [1.54, 1.807) is 30.3 Å². The SMILES string of the molecule is CC.CC.CC.CNC=O.Cc1ncsc1SNc1ccc2[nH]nc(-c3cccc(P)c3)c2c1. The molecule has 0 saturated heterocycles. The van der Waals surface area contributed by atoms with Crippen LogP contribution in [0.4, 0.5) is 5.69 Å². The van der Waals surface area contributed by atoms with Crippen LogP contribution in [0.3, 0.4) is 0 Å². The number of nitrogens with zero attached hydrogens (tertiary/aromatic N) is 2. The summed E-state index contributed by atoms with van der Waals surface area (Å²) in [6.45, 7) is 14.0. The van der Waals surface area contributed by atoms with Crippen LogP contribution in [0.2, 0.25) is 0 Å². The van der Waals surface area contributed by atoms with E-state index in [1.165, 1.54) is 4.21 Å². The molecule has 0 aliphatic heterocycles. The van der Waals surface area contributed by atoms with Crippen molar-refractivity contribution in [2.75, 3.05) is 11.8 Å². The van der Waals surface area contributed by atoms with Crippen LogP contribution in [-0.2, 0) is 4.79 Å². The van der Waals surface area contributed by atoms with Crippen molar-refractivity contribution in [1.29, 1.82) is 0 Å². The zero-order valence-electron chi connectivity index (χ0n) is 21.4. The van der Waals surface area contributed by atoms with Crippen molar-refractivity contribution in [3.63, 3.8) is 0 Å². The zero-order chi connectivity index (χ0) is 25.9. The van der Waals surface area contributed by atoms with Crippen LogP contribution in [0.5, 0.6) is 0 Å². The lowest BCUT2D eigenvalue weighted by Gasteiger charge is -2.05. The molecule has 0 spiro atoms. The molecule has 2 aromatic carbocycles. The first kappa shape index (κ1) is 31.6. The van der Waals surface area contributed by atoms with Gasteiger partial charge in [-0.1, -0.05) is 59.7 Å². The highest BCUT2D eigenvalue weighted by atomic mass is 32.2. The summed E-state index contributed by atoms with van der Waals surface area (Å²) in [6, 6.07) is 14.5. The van der Waals surface area contributed by atoms with Gasteiger partial charge in [0, 0.05) is 23.7 Å². The highest BCUT2D eigenvalue weighted by Gasteiger charge is 2.10. The summed E-state index contributed by atoms with van der Waals surface area (Å²) in [6.07, 6.45) is 0.625. The summed E-state index contributed by atoms with van der Waals surface area (Å²) >= 11 is 3.24. The maximum absolute atomic E-state index is 9.06. The van der Waals surface area contributed by atoms with Gasteiger partial charge >= 0.3 is 0 Å². The predicted octanol–water partition coefficient (Wildman–Crippen LogP) is 7.06. The summed E-state index contributed by atoms with van der Waals surface area (Å²) < 4.78 is 4.58. The fraction of sp³-hybridized carbons (Fsp3) is 0.320. The van der Waals surface area contributed by atoms with Gasteiger partial charge in [-0.3, -0.25) is 9.89 Å². The number of H-pyrrole nitrogens is 1. The molecule has 4 rings (SSSR count). The third-order valence-corrected chi connectivity index (χ3v) is 6.24. The molecule has 0 radical (unpaired) electrons. The molecule has 0 bridgehead atoms. The molecular formula is C25H38N5OPS2. The van der Waals surface area contributed by atoms with Gasteiger partial charge in [-0.2, -0.15) is 5.10 Å². The third-order valence-electron chi connectivity index (χ3n) is 3.80. The van der Waals surface area contributed by atoms with Crippen molar-refractivity contribution in [2.45, 2.75) is 52.7 Å². The topological polar surface area (TPSA) is 82.7 Å². The first-order chi connectivity index (χ1) is 16.6. The molecule has 34 heavy (non-hydrogen) atoms. The second-order valence-electron chi connectivity index (χ2n) is 5.79. The smallest absolute Gasteiger partial charge is 0.206 e. The van der Waals surface area contributed by atoms with E-state index >= 15 is 0 Å². The van der Waals surface area contributed by atoms with E-state index in [9.17, 15) is 0 Å². The van der Waals surface area contributed by atoms with Gasteiger partial charge in [0.2, 0.25) is 6.41 Å². The van der Waals surface area contributed by atoms with Crippen LogP contribution in [0, 0.1) is 6.92 Å². The van der Waals surface area contributed by atoms with E-state index < -0.39 is 0 Å². The molecule has 6 nitrogen and oxygen atoms in total. The second kappa shape index (κ2) is 19.0. The van der Waals surface area contributed by atoms with E-state index in [-0.39, 0.29) is 0 Å². The molecule has 0 saturated carbocycles. The van der Waals surface area contributed by atoms with Gasteiger partial charge in [0.1, 0.15) is 4.21 Å². The average Bonchev–Trinajstić information content (AvgIpc) is 3.52. The maximum atomic E-state index is 9.06. The van der Waals surface area contributed by atoms with Crippen molar-refractivity contribution >= 4 is 60.8 Å². The standard InChI is InChI=1S/C17H15N4PS2.C2H5NO.3C2H6/c1-10-17(23-9-18-10)24-21-12-5-6-15-14(8-12)16(20-19-15)11-3-2-4-13(22)7-11;1-3-2-4;3*1-2/h2-9,21H,22H2,1H3,(H,19,20);2H,1H3,(H,3,4);3*1-2H3. The van der Waals surface area contributed by atoms with E-state index in [0.29, 0.717) is 6.41 Å². The number of thiazole rings is 1. The summed E-state index contributed by atoms with van der Waals surface area (Å²) in [5, 5.41) is 12.1. The molecular weight excluding hydrogens is 481 g/mol. The molecule has 1 amide bonds. The number of hydrogen-bond donors (Lipinski definition) is 3. The molecule has 0 aliphatic rings. The maximum Gasteiger partial charge on any atom is 0.206 e. The number of fused-ring (bicyclic) bond motifs is 1. The number of amides is 1. The summed E-state index contributed by atoms with van der Waals surface area (Å²) in [7, 11) is 4.29. The fourth-order valence-electron chi connectivity index (χ4n) is 2.48. The Morgan fingerprint density at radius 1 is 1.06 bits per heavy atom. The Morgan fingerprint density at radius 2 is 1.74 bits per heavy atom. The molecule has 3 N–H and O–H groups in total.